The first-order valence-corrected chi connectivity index (χ1v) is 9.26. The van der Waals surface area contributed by atoms with Crippen molar-refractivity contribution in [1.82, 2.24) is 0 Å². The van der Waals surface area contributed by atoms with Crippen LogP contribution in [0, 0.1) is 6.92 Å². The quantitative estimate of drug-likeness (QED) is 0.782. The lowest BCUT2D eigenvalue weighted by Crippen LogP contribution is -3.17. The molecule has 3 rings (SSSR count). The van der Waals surface area contributed by atoms with Crippen LogP contribution in [0.5, 0.6) is 5.75 Å². The van der Waals surface area contributed by atoms with Crippen LogP contribution in [0.25, 0.3) is 11.0 Å². The number of quaternary nitrogens is 1. The molecule has 3 atom stereocenters. The summed E-state index contributed by atoms with van der Waals surface area (Å²) in [5.74, 6) is 0.612. The number of hydrogen-bond acceptors (Lipinski definition) is 4. The molecular formula is C20H28NO4+. The number of aliphatic hydroxyl groups is 1. The molecule has 5 nitrogen and oxygen atoms in total. The maximum absolute atomic E-state index is 11.5. The largest absolute Gasteiger partial charge is 0.491 e. The minimum Gasteiger partial charge on any atom is -0.491 e. The van der Waals surface area contributed by atoms with Gasteiger partial charge in [-0.2, -0.15) is 0 Å². The van der Waals surface area contributed by atoms with Crippen LogP contribution in [0.2, 0.25) is 0 Å². The number of nitrogens with one attached hydrogen (secondary N) is 1. The molecule has 0 amide bonds. The first-order valence-electron chi connectivity index (χ1n) is 9.26. The molecule has 0 saturated carbocycles. The van der Waals surface area contributed by atoms with Crippen LogP contribution >= 0.6 is 0 Å². The van der Waals surface area contributed by atoms with Crippen LogP contribution in [-0.4, -0.2) is 36.9 Å². The second-order valence-electron chi connectivity index (χ2n) is 7.08. The zero-order valence-corrected chi connectivity index (χ0v) is 15.1. The highest BCUT2D eigenvalue weighted by Gasteiger charge is 2.26. The van der Waals surface area contributed by atoms with Gasteiger partial charge in [-0.25, -0.2) is 4.79 Å². The highest BCUT2D eigenvalue weighted by molar-refractivity contribution is 5.81. The van der Waals surface area contributed by atoms with E-state index in [-0.39, 0.29) is 12.2 Å². The molecule has 0 spiro atoms. The summed E-state index contributed by atoms with van der Waals surface area (Å²) in [6.07, 6.45) is 4.45. The van der Waals surface area contributed by atoms with E-state index in [1.807, 2.05) is 19.1 Å². The van der Waals surface area contributed by atoms with E-state index >= 15 is 0 Å². The van der Waals surface area contributed by atoms with Gasteiger partial charge in [0.05, 0.1) is 12.6 Å². The maximum atomic E-state index is 11.5. The second kappa shape index (κ2) is 8.02. The molecule has 25 heavy (non-hydrogen) atoms. The molecule has 0 aliphatic carbocycles. The van der Waals surface area contributed by atoms with Crippen molar-refractivity contribution < 1.29 is 19.2 Å². The minimum absolute atomic E-state index is 0.251. The molecule has 0 radical (unpaired) electrons. The molecule has 1 aromatic heterocycles. The molecule has 1 saturated heterocycles. The molecule has 0 bridgehead atoms. The Morgan fingerprint density at radius 3 is 3.00 bits per heavy atom. The number of aryl methyl sites for hydroxylation is 1. The van der Waals surface area contributed by atoms with E-state index in [0.717, 1.165) is 30.5 Å². The molecule has 1 unspecified atom stereocenters. The lowest BCUT2D eigenvalue weighted by molar-refractivity contribution is -0.933. The van der Waals surface area contributed by atoms with Crippen molar-refractivity contribution in [3.8, 4) is 5.75 Å². The van der Waals surface area contributed by atoms with Gasteiger partial charge in [0.15, 0.2) is 0 Å². The summed E-state index contributed by atoms with van der Waals surface area (Å²) in [4.78, 5) is 13.0. The van der Waals surface area contributed by atoms with Gasteiger partial charge in [0.2, 0.25) is 0 Å². The maximum Gasteiger partial charge on any atom is 0.336 e. The van der Waals surface area contributed by atoms with E-state index in [2.05, 4.69) is 6.92 Å². The fourth-order valence-electron chi connectivity index (χ4n) is 3.86. The van der Waals surface area contributed by atoms with Gasteiger partial charge in [-0.1, -0.05) is 6.92 Å². The zero-order valence-electron chi connectivity index (χ0n) is 15.1. The molecule has 1 aliphatic rings. The number of likely N-dealkylation sites (tertiary alicyclic amines) is 1. The highest BCUT2D eigenvalue weighted by atomic mass is 16.5. The van der Waals surface area contributed by atoms with Gasteiger partial charge in [-0.15, -0.1) is 0 Å². The van der Waals surface area contributed by atoms with Crippen LogP contribution in [-0.2, 0) is 0 Å². The molecule has 2 N–H and O–H groups in total. The Kier molecular flexibility index (Phi) is 5.76. The Labute approximate surface area is 148 Å². The topological polar surface area (TPSA) is 64.1 Å². The SMILES string of the molecule is CC[C@H]1CCCC[NH+]1C[C@H](O)COc1ccc2c(C)cc(=O)oc2c1. The molecule has 136 valence electrons. The number of fused-ring (bicyclic) bond motifs is 1. The first kappa shape index (κ1) is 18.0. The summed E-state index contributed by atoms with van der Waals surface area (Å²) in [6, 6.07) is 7.60. The summed E-state index contributed by atoms with van der Waals surface area (Å²) in [5, 5.41) is 11.3. The van der Waals surface area contributed by atoms with Gasteiger partial charge in [0.25, 0.3) is 0 Å². The molecular weight excluding hydrogens is 318 g/mol. The number of benzene rings is 1. The van der Waals surface area contributed by atoms with Crippen LogP contribution in [0.1, 0.15) is 38.2 Å². The van der Waals surface area contributed by atoms with Crippen molar-refractivity contribution in [2.45, 2.75) is 51.7 Å². The van der Waals surface area contributed by atoms with E-state index in [0.29, 0.717) is 17.4 Å². The fourth-order valence-corrected chi connectivity index (χ4v) is 3.86. The zero-order chi connectivity index (χ0) is 17.8. The summed E-state index contributed by atoms with van der Waals surface area (Å²) in [5.41, 5.74) is 1.04. The molecule has 2 heterocycles. The average molecular weight is 346 g/mol. The summed E-state index contributed by atoms with van der Waals surface area (Å²) < 4.78 is 11.0. The summed E-state index contributed by atoms with van der Waals surface area (Å²) in [7, 11) is 0. The van der Waals surface area contributed by atoms with Gasteiger partial charge in [0, 0.05) is 17.5 Å². The lowest BCUT2D eigenvalue weighted by atomic mass is 10.00. The van der Waals surface area contributed by atoms with E-state index in [1.54, 1.807) is 6.07 Å². The van der Waals surface area contributed by atoms with E-state index in [9.17, 15) is 9.90 Å². The van der Waals surface area contributed by atoms with Gasteiger partial charge >= 0.3 is 5.63 Å². The van der Waals surface area contributed by atoms with Crippen LogP contribution in [0.4, 0.5) is 0 Å². The smallest absolute Gasteiger partial charge is 0.336 e. The Balaban J connectivity index is 1.61. The van der Waals surface area contributed by atoms with Gasteiger partial charge in [-0.3, -0.25) is 0 Å². The molecule has 1 aliphatic heterocycles. The number of piperidine rings is 1. The van der Waals surface area contributed by atoms with Gasteiger partial charge < -0.3 is 19.2 Å². The van der Waals surface area contributed by atoms with Crippen LogP contribution in [0.15, 0.2) is 33.5 Å². The molecule has 2 aromatic rings. The van der Waals surface area contributed by atoms with Crippen molar-refractivity contribution in [2.24, 2.45) is 0 Å². The third-order valence-electron chi connectivity index (χ3n) is 5.23. The predicted molar refractivity (Wildman–Crippen MR) is 97.3 cm³/mol. The van der Waals surface area contributed by atoms with E-state index in [1.165, 1.54) is 30.2 Å². The van der Waals surface area contributed by atoms with Crippen molar-refractivity contribution in [1.29, 1.82) is 0 Å². The summed E-state index contributed by atoms with van der Waals surface area (Å²) >= 11 is 0. The van der Waals surface area contributed by atoms with Crippen LogP contribution in [0.3, 0.4) is 0 Å². The number of hydrogen-bond donors (Lipinski definition) is 2. The third kappa shape index (κ3) is 4.41. The van der Waals surface area contributed by atoms with Crippen molar-refractivity contribution in [2.75, 3.05) is 19.7 Å². The van der Waals surface area contributed by atoms with Crippen LogP contribution < -0.4 is 15.3 Å². The van der Waals surface area contributed by atoms with E-state index < -0.39 is 6.10 Å². The number of ether oxygens (including phenoxy) is 1. The Bertz CT molecular complexity index is 770. The molecule has 1 aromatic carbocycles. The average Bonchev–Trinajstić information content (AvgIpc) is 2.60. The summed E-state index contributed by atoms with van der Waals surface area (Å²) in [6.45, 7) is 6.22. The Hall–Kier alpha value is -1.85. The monoisotopic (exact) mass is 346 g/mol. The highest BCUT2D eigenvalue weighted by Crippen LogP contribution is 2.22. The normalized spacial score (nSPS) is 22.0. The van der Waals surface area contributed by atoms with Gasteiger partial charge in [-0.05, 0) is 50.3 Å². The first-order chi connectivity index (χ1) is 12.1. The van der Waals surface area contributed by atoms with Crippen molar-refractivity contribution >= 4 is 11.0 Å². The van der Waals surface area contributed by atoms with Crippen molar-refractivity contribution in [3.63, 3.8) is 0 Å². The molecule has 5 heteroatoms. The van der Waals surface area contributed by atoms with Gasteiger partial charge in [0.1, 0.15) is 30.6 Å². The standard InChI is InChI=1S/C20H27NO4/c1-3-15-6-4-5-9-21(15)12-16(22)13-24-17-7-8-18-14(2)10-20(23)25-19(18)11-17/h7-8,10-11,15-16,22H,3-6,9,12-13H2,1-2H3/p+1/t15-,16-/m0/s1. The predicted octanol–water partition coefficient (Wildman–Crippen LogP) is 1.69. The number of rotatable bonds is 6. The fraction of sp³-hybridized carbons (Fsp3) is 0.550. The number of aliphatic hydroxyl groups excluding tert-OH is 1. The van der Waals surface area contributed by atoms with E-state index in [4.69, 9.17) is 9.15 Å². The Morgan fingerprint density at radius 2 is 2.20 bits per heavy atom. The molecule has 1 fully saturated rings. The Morgan fingerprint density at radius 1 is 1.36 bits per heavy atom. The lowest BCUT2D eigenvalue weighted by Gasteiger charge is -2.33. The third-order valence-corrected chi connectivity index (χ3v) is 5.23. The van der Waals surface area contributed by atoms with Crippen molar-refractivity contribution in [3.05, 3.63) is 40.2 Å². The second-order valence-corrected chi connectivity index (χ2v) is 7.08. The minimum atomic E-state index is -0.498.